The van der Waals surface area contributed by atoms with Crippen LogP contribution in [0.1, 0.15) is 0 Å². The molecule has 0 saturated carbocycles. The summed E-state index contributed by atoms with van der Waals surface area (Å²) < 4.78 is 0. The maximum absolute atomic E-state index is 2.41. The molecule has 1 aliphatic rings. The van der Waals surface area contributed by atoms with Gasteiger partial charge in [0.05, 0.1) is 0 Å². The minimum absolute atomic E-state index is 0. The molecule has 30 heavy (non-hydrogen) atoms. The van der Waals surface area contributed by atoms with E-state index in [1.807, 2.05) is 0 Å². The Bertz CT molecular complexity index is 905. The fraction of sp³-hybridized carbons (Fsp3) is 0.0769. The summed E-state index contributed by atoms with van der Waals surface area (Å²) in [5.74, 6) is -2.72. The van der Waals surface area contributed by atoms with Crippen molar-refractivity contribution in [1.82, 2.24) is 0 Å². The van der Waals surface area contributed by atoms with E-state index in [1.54, 1.807) is 21.2 Å². The van der Waals surface area contributed by atoms with Crippen LogP contribution in [0.4, 0.5) is 0 Å². The summed E-state index contributed by atoms with van der Waals surface area (Å²) in [5.41, 5.74) is 0. The van der Waals surface area contributed by atoms with Crippen molar-refractivity contribution in [2.24, 2.45) is 0 Å². The molecule has 1 saturated heterocycles. The van der Waals surface area contributed by atoms with Crippen LogP contribution in [0.25, 0.3) is 0 Å². The van der Waals surface area contributed by atoms with Crippen LogP contribution in [-0.4, -0.2) is 27.2 Å². The molecule has 0 atom stereocenters. The Balaban J connectivity index is 0.00000218. The third-order valence-electron chi connectivity index (χ3n) is 5.79. The van der Waals surface area contributed by atoms with Crippen LogP contribution in [0.3, 0.4) is 0 Å². The van der Waals surface area contributed by atoms with Crippen molar-refractivity contribution in [2.45, 2.75) is 0 Å². The van der Waals surface area contributed by atoms with E-state index in [1.165, 1.54) is 12.3 Å². The Hall–Kier alpha value is -0.972. The van der Waals surface area contributed by atoms with Crippen LogP contribution >= 0.6 is 11.6 Å². The molecule has 0 amide bonds. The van der Waals surface area contributed by atoms with E-state index in [4.69, 9.17) is 0 Å². The Morgan fingerprint density at radius 1 is 0.400 bits per heavy atom. The monoisotopic (exact) mass is 600 g/mol. The van der Waals surface area contributed by atoms with Gasteiger partial charge in [-0.15, -0.1) is 0 Å². The first-order chi connectivity index (χ1) is 14.3. The average Bonchev–Trinajstić information content (AvgIpc) is 3.25. The molecule has 4 heteroatoms. The van der Waals surface area contributed by atoms with E-state index < -0.39 is 11.6 Å². The standard InChI is InChI=1S/C26H24AsP2.HI/c1-5-13-23(14-6-1)28(24-15-7-2-8-16-24)21-22-29(27-28,25-17-9-3-10-18-25)26-19-11-4-12-20-26;/h1-20H,21-22H2;1H/q+2;/p-1. The van der Waals surface area contributed by atoms with Crippen LogP contribution in [0.5, 0.6) is 0 Å². The summed E-state index contributed by atoms with van der Waals surface area (Å²) >= 11 is 0.146. The normalized spacial score (nSPS) is 16.5. The van der Waals surface area contributed by atoms with E-state index >= 15 is 0 Å². The van der Waals surface area contributed by atoms with Crippen molar-refractivity contribution >= 4 is 47.7 Å². The second-order valence-corrected chi connectivity index (χ2v) is 26.1. The van der Waals surface area contributed by atoms with Gasteiger partial charge in [-0.3, -0.25) is 0 Å². The number of rotatable bonds is 4. The van der Waals surface area contributed by atoms with Crippen LogP contribution in [0.2, 0.25) is 0 Å². The molecular weight excluding hydrogens is 576 g/mol. The topological polar surface area (TPSA) is 0 Å². The summed E-state index contributed by atoms with van der Waals surface area (Å²) in [5, 5.41) is 6.44. The first-order valence-electron chi connectivity index (χ1n) is 10.1. The zero-order valence-electron chi connectivity index (χ0n) is 16.7. The number of hydrogen-bond donors (Lipinski definition) is 0. The first-order valence-corrected chi connectivity index (χ1v) is 19.0. The molecule has 149 valence electrons. The molecular formula is C26H24AsIP2+. The van der Waals surface area contributed by atoms with E-state index in [0.717, 1.165) is 0 Å². The third-order valence-corrected chi connectivity index (χ3v) is 34.8. The molecule has 1 radical (unpaired) electrons. The van der Waals surface area contributed by atoms with E-state index in [2.05, 4.69) is 121 Å². The second-order valence-electron chi connectivity index (χ2n) is 7.42. The van der Waals surface area contributed by atoms with Gasteiger partial charge in [0.2, 0.25) is 0 Å². The van der Waals surface area contributed by atoms with Crippen molar-refractivity contribution in [1.29, 1.82) is 0 Å². The zero-order chi connectivity index (χ0) is 19.6. The van der Waals surface area contributed by atoms with Crippen molar-refractivity contribution in [3.63, 3.8) is 0 Å². The molecule has 1 heterocycles. The minimum atomic E-state index is -1.36. The molecule has 0 aliphatic carbocycles. The Kier molecular flexibility index (Phi) is 7.16. The Morgan fingerprint density at radius 3 is 0.867 bits per heavy atom. The second kappa shape index (κ2) is 9.66. The van der Waals surface area contributed by atoms with Gasteiger partial charge in [-0.1, -0.05) is 0 Å². The summed E-state index contributed by atoms with van der Waals surface area (Å²) in [6.45, 7) is 0. The number of hydrogen-bond acceptors (Lipinski definition) is 0. The molecule has 0 bridgehead atoms. The van der Waals surface area contributed by atoms with Gasteiger partial charge in [0, 0.05) is 0 Å². The molecule has 0 N–H and O–H groups in total. The van der Waals surface area contributed by atoms with Crippen LogP contribution < -0.4 is 45.2 Å². The summed E-state index contributed by atoms with van der Waals surface area (Å²) in [4.78, 5) is 0. The molecule has 1 fully saturated rings. The van der Waals surface area contributed by atoms with Crippen molar-refractivity contribution < 1.29 is 24.0 Å². The van der Waals surface area contributed by atoms with Gasteiger partial charge in [0.1, 0.15) is 0 Å². The molecule has 4 aromatic rings. The van der Waals surface area contributed by atoms with Crippen LogP contribution in [0.15, 0.2) is 121 Å². The molecule has 0 aromatic heterocycles. The predicted octanol–water partition coefficient (Wildman–Crippen LogP) is 1.88. The fourth-order valence-corrected chi connectivity index (χ4v) is 43.2. The van der Waals surface area contributed by atoms with Gasteiger partial charge >= 0.3 is 181 Å². The van der Waals surface area contributed by atoms with Gasteiger partial charge in [0.25, 0.3) is 0 Å². The van der Waals surface area contributed by atoms with Gasteiger partial charge < -0.3 is 24.0 Å². The van der Waals surface area contributed by atoms with Crippen molar-refractivity contribution in [2.75, 3.05) is 12.3 Å². The fourth-order valence-electron chi connectivity index (χ4n) is 4.36. The first kappa shape index (κ1) is 22.2. The van der Waals surface area contributed by atoms with Crippen LogP contribution in [-0.2, 0) is 0 Å². The van der Waals surface area contributed by atoms with Gasteiger partial charge in [-0.25, -0.2) is 0 Å². The molecule has 0 unspecified atom stereocenters. The van der Waals surface area contributed by atoms with Gasteiger partial charge in [0.15, 0.2) is 0 Å². The predicted molar refractivity (Wildman–Crippen MR) is 134 cm³/mol. The molecule has 5 rings (SSSR count). The quantitative estimate of drug-likeness (QED) is 0.191. The van der Waals surface area contributed by atoms with Crippen LogP contribution in [0, 0.1) is 0 Å². The van der Waals surface area contributed by atoms with E-state index in [9.17, 15) is 0 Å². The van der Waals surface area contributed by atoms with E-state index in [-0.39, 0.29) is 38.8 Å². The number of benzene rings is 4. The summed E-state index contributed by atoms with van der Waals surface area (Å²) in [7, 11) is 0. The Labute approximate surface area is 204 Å². The van der Waals surface area contributed by atoms with Crippen molar-refractivity contribution in [3.05, 3.63) is 121 Å². The summed E-state index contributed by atoms with van der Waals surface area (Å²) in [6.07, 6.45) is 2.69. The molecule has 0 nitrogen and oxygen atoms in total. The molecule has 4 aromatic carbocycles. The Morgan fingerprint density at radius 2 is 0.633 bits per heavy atom. The molecule has 0 spiro atoms. The van der Waals surface area contributed by atoms with Crippen molar-refractivity contribution in [3.8, 4) is 0 Å². The zero-order valence-corrected chi connectivity index (χ0v) is 22.5. The summed E-state index contributed by atoms with van der Waals surface area (Å²) in [6, 6.07) is 45.8. The average molecular weight is 600 g/mol. The van der Waals surface area contributed by atoms with Gasteiger partial charge in [-0.05, 0) is 0 Å². The SMILES string of the molecule is [I-].c1ccc([P+]2(c3ccccc3)CC[P+](c3ccccc3)(c3ccccc3)[As]2)cc1. The number of halogens is 1. The maximum atomic E-state index is 2.41. The van der Waals surface area contributed by atoms with Gasteiger partial charge in [-0.2, -0.15) is 0 Å². The van der Waals surface area contributed by atoms with E-state index in [0.29, 0.717) is 0 Å². The third kappa shape index (κ3) is 3.96. The molecule has 1 aliphatic heterocycles.